The molecule has 0 saturated heterocycles. The summed E-state index contributed by atoms with van der Waals surface area (Å²) in [5, 5.41) is 3.94. The number of nitrogens with one attached hydrogen (secondary N) is 1. The maximum Gasteiger partial charge on any atom is 0.300 e. The Balaban J connectivity index is 1.91. The fourth-order valence-electron chi connectivity index (χ4n) is 3.33. The Kier molecular flexibility index (Phi) is 5.11. The molecule has 29 heavy (non-hydrogen) atoms. The Bertz CT molecular complexity index is 1230. The second kappa shape index (κ2) is 7.72. The van der Waals surface area contributed by atoms with Gasteiger partial charge < -0.3 is 9.88 Å². The van der Waals surface area contributed by atoms with Crippen molar-refractivity contribution in [3.8, 4) is 0 Å². The molecule has 0 aliphatic carbocycles. The van der Waals surface area contributed by atoms with Crippen LogP contribution >= 0.6 is 11.6 Å². The molecule has 4 aromatic rings. The third-order valence-electron chi connectivity index (χ3n) is 4.95. The molecular formula is C22H22ClN5O. The highest BCUT2D eigenvalue weighted by Crippen LogP contribution is 2.27. The van der Waals surface area contributed by atoms with Gasteiger partial charge >= 0.3 is 5.56 Å². The Morgan fingerprint density at radius 1 is 1.10 bits per heavy atom. The largest absolute Gasteiger partial charge is 0.325 e. The van der Waals surface area contributed by atoms with Crippen LogP contribution in [0, 0.1) is 6.92 Å². The molecule has 0 aliphatic heterocycles. The normalized spacial score (nSPS) is 11.3. The number of nitrogens with zero attached hydrogens (tertiary/aromatic N) is 4. The minimum absolute atomic E-state index is 0.105. The van der Waals surface area contributed by atoms with Crippen LogP contribution in [0.2, 0.25) is 5.02 Å². The zero-order valence-electron chi connectivity index (χ0n) is 16.6. The summed E-state index contributed by atoms with van der Waals surface area (Å²) in [7, 11) is 0. The van der Waals surface area contributed by atoms with Crippen molar-refractivity contribution in [3.63, 3.8) is 0 Å². The van der Waals surface area contributed by atoms with Gasteiger partial charge in [-0.25, -0.2) is 4.98 Å². The average molecular weight is 408 g/mol. The predicted octanol–water partition coefficient (Wildman–Crippen LogP) is 4.93. The van der Waals surface area contributed by atoms with Crippen LogP contribution in [0.5, 0.6) is 0 Å². The molecule has 2 aromatic heterocycles. The zero-order chi connectivity index (χ0) is 20.5. The number of rotatable bonds is 5. The summed E-state index contributed by atoms with van der Waals surface area (Å²) >= 11 is 6.27. The van der Waals surface area contributed by atoms with E-state index < -0.39 is 0 Å². The molecule has 4 rings (SSSR count). The lowest BCUT2D eigenvalue weighted by Gasteiger charge is -2.17. The molecule has 0 radical (unpaired) electrons. The van der Waals surface area contributed by atoms with Crippen molar-refractivity contribution in [2.45, 2.75) is 33.4 Å². The number of imidazole rings is 1. The van der Waals surface area contributed by atoms with Gasteiger partial charge in [-0.15, -0.1) is 0 Å². The Morgan fingerprint density at radius 2 is 1.86 bits per heavy atom. The highest BCUT2D eigenvalue weighted by Gasteiger charge is 2.18. The summed E-state index contributed by atoms with van der Waals surface area (Å²) in [4.78, 5) is 21.8. The molecule has 148 valence electrons. The van der Waals surface area contributed by atoms with E-state index in [1.807, 2.05) is 78.4 Å². The van der Waals surface area contributed by atoms with Gasteiger partial charge in [0.2, 0.25) is 5.95 Å². The van der Waals surface area contributed by atoms with Gasteiger partial charge in [0.25, 0.3) is 0 Å². The standard InChI is InChI=1S/C22H22ClN5O/c1-14(2)28-13-24-20-19(28)21(29)26-22(25-18-11-7-10-17(23)15(18)3)27(20)12-16-8-5-4-6-9-16/h4-11,13-14H,12H2,1-3H3,(H,25,26,29). The molecule has 0 unspecified atom stereocenters. The number of fused-ring (bicyclic) bond motifs is 1. The first-order chi connectivity index (χ1) is 14.0. The van der Waals surface area contributed by atoms with Crippen LogP contribution in [0.15, 0.2) is 59.7 Å². The Labute approximate surface area is 173 Å². The van der Waals surface area contributed by atoms with Crippen LogP contribution in [-0.4, -0.2) is 19.1 Å². The van der Waals surface area contributed by atoms with E-state index in [0.29, 0.717) is 28.7 Å². The Morgan fingerprint density at radius 3 is 2.59 bits per heavy atom. The second-order valence-electron chi connectivity index (χ2n) is 7.27. The molecule has 2 aromatic carbocycles. The van der Waals surface area contributed by atoms with Crippen LogP contribution in [0.3, 0.4) is 0 Å². The van der Waals surface area contributed by atoms with Crippen molar-refractivity contribution in [3.05, 3.63) is 81.4 Å². The topological polar surface area (TPSA) is 64.7 Å². The molecule has 0 spiro atoms. The lowest BCUT2D eigenvalue weighted by molar-refractivity contribution is 0.615. The summed E-state index contributed by atoms with van der Waals surface area (Å²) < 4.78 is 3.80. The highest BCUT2D eigenvalue weighted by atomic mass is 35.5. The molecular weight excluding hydrogens is 386 g/mol. The van der Waals surface area contributed by atoms with E-state index in [9.17, 15) is 4.79 Å². The lowest BCUT2D eigenvalue weighted by atomic mass is 10.2. The maximum atomic E-state index is 12.9. The quantitative estimate of drug-likeness (QED) is 0.509. The summed E-state index contributed by atoms with van der Waals surface area (Å²) in [5.41, 5.74) is 3.58. The van der Waals surface area contributed by atoms with Crippen molar-refractivity contribution >= 4 is 34.4 Å². The van der Waals surface area contributed by atoms with Crippen LogP contribution in [0.4, 0.5) is 11.6 Å². The molecule has 6 nitrogen and oxygen atoms in total. The molecule has 0 fully saturated rings. The van der Waals surface area contributed by atoms with Gasteiger partial charge in [0.1, 0.15) is 0 Å². The van der Waals surface area contributed by atoms with E-state index in [4.69, 9.17) is 11.6 Å². The monoisotopic (exact) mass is 407 g/mol. The molecule has 0 aliphatic rings. The first-order valence-corrected chi connectivity index (χ1v) is 9.87. The summed E-state index contributed by atoms with van der Waals surface area (Å²) in [5.74, 6) is 0.436. The highest BCUT2D eigenvalue weighted by molar-refractivity contribution is 6.31. The number of benzene rings is 2. The lowest BCUT2D eigenvalue weighted by Crippen LogP contribution is -2.20. The van der Waals surface area contributed by atoms with Crippen LogP contribution in [-0.2, 0) is 6.54 Å². The van der Waals surface area contributed by atoms with E-state index >= 15 is 0 Å². The smallest absolute Gasteiger partial charge is 0.300 e. The number of halogens is 1. The van der Waals surface area contributed by atoms with Gasteiger partial charge in [0.15, 0.2) is 11.2 Å². The number of hydrogen-bond donors (Lipinski definition) is 1. The average Bonchev–Trinajstić information content (AvgIpc) is 3.15. The number of aromatic nitrogens is 4. The molecule has 0 saturated carbocycles. The molecule has 0 atom stereocenters. The van der Waals surface area contributed by atoms with Gasteiger partial charge in [0.05, 0.1) is 12.9 Å². The SMILES string of the molecule is Cc1c(Cl)cccc1Nc1nc(=O)c2c(ncn2C(C)C)n1Cc1ccccc1. The van der Waals surface area contributed by atoms with Gasteiger partial charge in [-0.05, 0) is 44.0 Å². The van der Waals surface area contributed by atoms with Gasteiger partial charge in [-0.3, -0.25) is 9.36 Å². The van der Waals surface area contributed by atoms with Crippen LogP contribution in [0.25, 0.3) is 11.2 Å². The van der Waals surface area contributed by atoms with Gasteiger partial charge in [0, 0.05) is 16.8 Å². The summed E-state index contributed by atoms with van der Waals surface area (Å²) in [6.45, 7) is 6.49. The first kappa shape index (κ1) is 19.2. The number of hydrogen-bond acceptors (Lipinski definition) is 4. The van der Waals surface area contributed by atoms with Crippen molar-refractivity contribution < 1.29 is 0 Å². The van der Waals surface area contributed by atoms with E-state index in [1.54, 1.807) is 6.33 Å². The summed E-state index contributed by atoms with van der Waals surface area (Å²) in [6, 6.07) is 15.8. The molecule has 2 heterocycles. The molecule has 7 heteroatoms. The van der Waals surface area contributed by atoms with E-state index in [0.717, 1.165) is 16.8 Å². The fraction of sp³-hybridized carbons (Fsp3) is 0.227. The summed E-state index contributed by atoms with van der Waals surface area (Å²) in [6.07, 6.45) is 1.70. The van der Waals surface area contributed by atoms with Crippen LogP contribution < -0.4 is 10.9 Å². The van der Waals surface area contributed by atoms with E-state index in [2.05, 4.69) is 15.3 Å². The second-order valence-corrected chi connectivity index (χ2v) is 7.67. The van der Waals surface area contributed by atoms with Gasteiger partial charge in [-0.2, -0.15) is 4.98 Å². The molecule has 0 amide bonds. The van der Waals surface area contributed by atoms with Crippen molar-refractivity contribution in [2.24, 2.45) is 0 Å². The first-order valence-electron chi connectivity index (χ1n) is 9.49. The molecule has 1 N–H and O–H groups in total. The number of anilines is 2. The fourth-order valence-corrected chi connectivity index (χ4v) is 3.51. The zero-order valence-corrected chi connectivity index (χ0v) is 17.3. The third-order valence-corrected chi connectivity index (χ3v) is 5.36. The third kappa shape index (κ3) is 3.63. The predicted molar refractivity (Wildman–Crippen MR) is 117 cm³/mol. The van der Waals surface area contributed by atoms with Crippen molar-refractivity contribution in [1.82, 2.24) is 19.1 Å². The van der Waals surface area contributed by atoms with E-state index in [1.165, 1.54) is 0 Å². The van der Waals surface area contributed by atoms with Gasteiger partial charge in [-0.1, -0.05) is 48.0 Å². The van der Waals surface area contributed by atoms with Crippen LogP contribution in [0.1, 0.15) is 31.0 Å². The van der Waals surface area contributed by atoms with Crippen molar-refractivity contribution in [2.75, 3.05) is 5.32 Å². The maximum absolute atomic E-state index is 12.9. The molecule has 0 bridgehead atoms. The minimum atomic E-state index is -0.308. The Hall–Kier alpha value is -3.12. The minimum Gasteiger partial charge on any atom is -0.325 e. The van der Waals surface area contributed by atoms with Crippen molar-refractivity contribution in [1.29, 1.82) is 0 Å². The van der Waals surface area contributed by atoms with E-state index in [-0.39, 0.29) is 11.6 Å².